The van der Waals surface area contributed by atoms with E-state index in [-0.39, 0.29) is 17.7 Å². The van der Waals surface area contributed by atoms with Gasteiger partial charge in [-0.25, -0.2) is 4.98 Å². The first-order valence-electron chi connectivity index (χ1n) is 11.6. The van der Waals surface area contributed by atoms with E-state index in [4.69, 9.17) is 23.2 Å². The Morgan fingerprint density at radius 1 is 0.857 bits per heavy atom. The molecule has 1 aliphatic rings. The molecular formula is C27H24Cl2N4O2. The lowest BCUT2D eigenvalue weighted by Gasteiger charge is -2.20. The number of fused-ring (bicyclic) bond motifs is 1. The van der Waals surface area contributed by atoms with E-state index in [1.807, 2.05) is 36.4 Å². The molecule has 1 fully saturated rings. The van der Waals surface area contributed by atoms with Crippen LogP contribution in [-0.4, -0.2) is 21.8 Å². The van der Waals surface area contributed by atoms with Crippen molar-refractivity contribution in [1.29, 1.82) is 0 Å². The van der Waals surface area contributed by atoms with E-state index in [0.717, 1.165) is 48.0 Å². The number of halogens is 2. The molecule has 0 spiro atoms. The number of carbonyl (C=O) groups is 2. The van der Waals surface area contributed by atoms with Crippen LogP contribution in [0.2, 0.25) is 10.0 Å². The first kappa shape index (κ1) is 23.4. The highest BCUT2D eigenvalue weighted by Gasteiger charge is 2.21. The second-order valence-electron chi connectivity index (χ2n) is 8.80. The average molecular weight is 507 g/mol. The molecule has 0 saturated heterocycles. The highest BCUT2D eigenvalue weighted by molar-refractivity contribution is 6.37. The van der Waals surface area contributed by atoms with Crippen LogP contribution in [-0.2, 0) is 4.79 Å². The minimum atomic E-state index is -0.323. The Kier molecular flexibility index (Phi) is 6.75. The number of anilines is 2. The van der Waals surface area contributed by atoms with E-state index in [1.54, 1.807) is 18.2 Å². The van der Waals surface area contributed by atoms with Gasteiger partial charge in [0.25, 0.3) is 5.91 Å². The highest BCUT2D eigenvalue weighted by Crippen LogP contribution is 2.27. The highest BCUT2D eigenvalue weighted by atomic mass is 35.5. The van der Waals surface area contributed by atoms with Gasteiger partial charge in [-0.15, -0.1) is 0 Å². The van der Waals surface area contributed by atoms with Crippen LogP contribution in [0, 0.1) is 5.92 Å². The molecule has 0 unspecified atom stereocenters. The van der Waals surface area contributed by atoms with Crippen LogP contribution in [0.15, 0.2) is 60.7 Å². The average Bonchev–Trinajstić information content (AvgIpc) is 3.28. The van der Waals surface area contributed by atoms with Gasteiger partial charge >= 0.3 is 0 Å². The Bertz CT molecular complexity index is 1390. The smallest absolute Gasteiger partial charge is 0.257 e. The number of amides is 2. The van der Waals surface area contributed by atoms with Crippen molar-refractivity contribution in [2.24, 2.45) is 5.92 Å². The summed E-state index contributed by atoms with van der Waals surface area (Å²) in [6.45, 7) is 0. The number of hydrogen-bond acceptors (Lipinski definition) is 3. The van der Waals surface area contributed by atoms with Crippen LogP contribution < -0.4 is 10.6 Å². The number of benzene rings is 3. The van der Waals surface area contributed by atoms with Crippen LogP contribution in [0.3, 0.4) is 0 Å². The SMILES string of the molecule is O=C(Nc1ccc2nc(-c3ccc(NC(=O)C4CCCCC4)cc3)[nH]c2c1)c1ccc(Cl)cc1Cl. The number of imidazole rings is 1. The molecule has 0 radical (unpaired) electrons. The second kappa shape index (κ2) is 10.1. The van der Waals surface area contributed by atoms with Gasteiger partial charge in [0.05, 0.1) is 21.6 Å². The first-order chi connectivity index (χ1) is 17.0. The fraction of sp³-hybridized carbons (Fsp3) is 0.222. The molecular weight excluding hydrogens is 483 g/mol. The van der Waals surface area contributed by atoms with Crippen LogP contribution in [0.25, 0.3) is 22.4 Å². The van der Waals surface area contributed by atoms with Gasteiger partial charge in [0.15, 0.2) is 0 Å². The quantitative estimate of drug-likeness (QED) is 0.265. The first-order valence-corrected chi connectivity index (χ1v) is 12.4. The van der Waals surface area contributed by atoms with Crippen LogP contribution >= 0.6 is 23.2 Å². The maximum Gasteiger partial charge on any atom is 0.257 e. The predicted molar refractivity (Wildman–Crippen MR) is 141 cm³/mol. The molecule has 2 amide bonds. The Hall–Kier alpha value is -3.35. The molecule has 0 aliphatic heterocycles. The van der Waals surface area contributed by atoms with Crippen molar-refractivity contribution in [3.05, 3.63) is 76.3 Å². The third-order valence-electron chi connectivity index (χ3n) is 6.32. The monoisotopic (exact) mass is 506 g/mol. The number of rotatable bonds is 5. The van der Waals surface area contributed by atoms with Crippen molar-refractivity contribution in [3.8, 4) is 11.4 Å². The normalized spacial score (nSPS) is 14.1. The molecule has 3 aromatic carbocycles. The molecule has 0 atom stereocenters. The van der Waals surface area contributed by atoms with Crippen molar-refractivity contribution in [3.63, 3.8) is 0 Å². The van der Waals surface area contributed by atoms with E-state index in [1.165, 1.54) is 12.5 Å². The number of H-pyrrole nitrogens is 1. The third kappa shape index (κ3) is 5.34. The topological polar surface area (TPSA) is 86.9 Å². The van der Waals surface area contributed by atoms with Crippen molar-refractivity contribution in [2.75, 3.05) is 10.6 Å². The molecule has 1 heterocycles. The Balaban J connectivity index is 1.29. The Labute approximate surface area is 213 Å². The van der Waals surface area contributed by atoms with Crippen molar-refractivity contribution >= 4 is 57.4 Å². The van der Waals surface area contributed by atoms with Gasteiger partial charge in [-0.05, 0) is 73.5 Å². The molecule has 8 heteroatoms. The van der Waals surface area contributed by atoms with Crippen LogP contribution in [0.4, 0.5) is 11.4 Å². The van der Waals surface area contributed by atoms with E-state index in [0.29, 0.717) is 27.1 Å². The lowest BCUT2D eigenvalue weighted by Crippen LogP contribution is -2.24. The zero-order valence-electron chi connectivity index (χ0n) is 18.9. The summed E-state index contributed by atoms with van der Waals surface area (Å²) in [5.74, 6) is 0.603. The number of nitrogens with zero attached hydrogens (tertiary/aromatic N) is 1. The molecule has 6 nitrogen and oxygen atoms in total. The summed E-state index contributed by atoms with van der Waals surface area (Å²) >= 11 is 12.1. The summed E-state index contributed by atoms with van der Waals surface area (Å²) in [7, 11) is 0. The molecule has 5 rings (SSSR count). The van der Waals surface area contributed by atoms with Crippen molar-refractivity contribution in [2.45, 2.75) is 32.1 Å². The lowest BCUT2D eigenvalue weighted by molar-refractivity contribution is -0.120. The number of aromatic amines is 1. The number of hydrogen-bond donors (Lipinski definition) is 3. The summed E-state index contributed by atoms with van der Waals surface area (Å²) < 4.78 is 0. The summed E-state index contributed by atoms with van der Waals surface area (Å²) in [5, 5.41) is 6.65. The predicted octanol–water partition coefficient (Wildman–Crippen LogP) is 7.31. The van der Waals surface area contributed by atoms with E-state index < -0.39 is 0 Å². The molecule has 1 saturated carbocycles. The molecule has 0 bridgehead atoms. The Morgan fingerprint density at radius 2 is 1.60 bits per heavy atom. The largest absolute Gasteiger partial charge is 0.338 e. The van der Waals surface area contributed by atoms with Crippen molar-refractivity contribution < 1.29 is 9.59 Å². The van der Waals surface area contributed by atoms with Gasteiger partial charge in [0, 0.05) is 27.9 Å². The van der Waals surface area contributed by atoms with Gasteiger partial charge in [0.2, 0.25) is 5.91 Å². The lowest BCUT2D eigenvalue weighted by atomic mass is 9.88. The van der Waals surface area contributed by atoms with Gasteiger partial charge in [-0.2, -0.15) is 0 Å². The maximum atomic E-state index is 12.6. The standard InChI is InChI=1S/C27H24Cl2N4O2/c28-18-8-12-21(22(29)14-18)27(35)31-20-11-13-23-24(15-20)33-25(32-23)16-6-9-19(10-7-16)30-26(34)17-4-2-1-3-5-17/h6-15,17H,1-5H2,(H,30,34)(H,31,35)(H,32,33). The van der Waals surface area contributed by atoms with Gasteiger partial charge in [0.1, 0.15) is 5.82 Å². The number of nitrogens with one attached hydrogen (secondary N) is 3. The zero-order chi connectivity index (χ0) is 24.4. The molecule has 1 aliphatic carbocycles. The molecule has 3 N–H and O–H groups in total. The second-order valence-corrected chi connectivity index (χ2v) is 9.64. The molecule has 178 valence electrons. The molecule has 1 aromatic heterocycles. The Morgan fingerprint density at radius 3 is 2.34 bits per heavy atom. The van der Waals surface area contributed by atoms with E-state index in [2.05, 4.69) is 20.6 Å². The number of carbonyl (C=O) groups excluding carboxylic acids is 2. The van der Waals surface area contributed by atoms with E-state index in [9.17, 15) is 9.59 Å². The fourth-order valence-electron chi connectivity index (χ4n) is 4.42. The third-order valence-corrected chi connectivity index (χ3v) is 6.87. The van der Waals surface area contributed by atoms with Crippen LogP contribution in [0.5, 0.6) is 0 Å². The summed E-state index contributed by atoms with van der Waals surface area (Å²) in [4.78, 5) is 33.1. The molecule has 4 aromatic rings. The van der Waals surface area contributed by atoms with Gasteiger partial charge in [-0.3, -0.25) is 9.59 Å². The van der Waals surface area contributed by atoms with Crippen LogP contribution in [0.1, 0.15) is 42.5 Å². The van der Waals surface area contributed by atoms with Gasteiger partial charge < -0.3 is 15.6 Å². The van der Waals surface area contributed by atoms with Gasteiger partial charge in [-0.1, -0.05) is 42.5 Å². The summed E-state index contributed by atoms with van der Waals surface area (Å²) in [6.07, 6.45) is 5.42. The maximum absolute atomic E-state index is 12.6. The molecule has 35 heavy (non-hydrogen) atoms. The zero-order valence-corrected chi connectivity index (χ0v) is 20.4. The fourth-order valence-corrected chi connectivity index (χ4v) is 4.91. The summed E-state index contributed by atoms with van der Waals surface area (Å²) in [6, 6.07) is 17.9. The van der Waals surface area contributed by atoms with Crippen molar-refractivity contribution in [1.82, 2.24) is 9.97 Å². The summed E-state index contributed by atoms with van der Waals surface area (Å²) in [5.41, 5.74) is 4.20. The van der Waals surface area contributed by atoms with E-state index >= 15 is 0 Å². The minimum Gasteiger partial charge on any atom is -0.338 e. The number of aromatic nitrogens is 2. The minimum absolute atomic E-state index is 0.107.